The van der Waals surface area contributed by atoms with Gasteiger partial charge in [-0.3, -0.25) is 10.1 Å². The largest absolute Gasteiger partial charge is 0.490 e. The monoisotopic (exact) mass is 292 g/mol. The summed E-state index contributed by atoms with van der Waals surface area (Å²) in [5.74, 6) is 0.883. The predicted molar refractivity (Wildman–Crippen MR) is 74.9 cm³/mol. The quantitative estimate of drug-likeness (QED) is 0.638. The van der Waals surface area contributed by atoms with Gasteiger partial charge in [0.25, 0.3) is 5.89 Å². The van der Waals surface area contributed by atoms with E-state index in [2.05, 4.69) is 10.1 Å². The Balaban J connectivity index is 2.30. The van der Waals surface area contributed by atoms with Crippen molar-refractivity contribution in [2.45, 2.75) is 25.8 Å². The van der Waals surface area contributed by atoms with Crippen LogP contribution in [-0.4, -0.2) is 28.2 Å². The van der Waals surface area contributed by atoms with Gasteiger partial charge >= 0.3 is 5.69 Å². The molecule has 0 fully saturated rings. The predicted octanol–water partition coefficient (Wildman–Crippen LogP) is 1.93. The zero-order valence-corrected chi connectivity index (χ0v) is 11.8. The second-order valence-corrected chi connectivity index (χ2v) is 4.53. The molecular formula is C13H16N4O4. The van der Waals surface area contributed by atoms with Gasteiger partial charge in [0.2, 0.25) is 0 Å². The van der Waals surface area contributed by atoms with Crippen molar-refractivity contribution in [2.24, 2.45) is 5.73 Å². The first kappa shape index (κ1) is 14.9. The van der Waals surface area contributed by atoms with Crippen LogP contribution in [0.2, 0.25) is 0 Å². The summed E-state index contributed by atoms with van der Waals surface area (Å²) in [6.07, 6.45) is 1.30. The highest BCUT2D eigenvalue weighted by molar-refractivity contribution is 5.62. The van der Waals surface area contributed by atoms with Gasteiger partial charge in [0, 0.05) is 24.1 Å². The van der Waals surface area contributed by atoms with E-state index in [1.54, 1.807) is 6.07 Å². The smallest absolute Gasteiger partial charge is 0.311 e. The number of rotatable bonds is 6. The normalized spacial score (nSPS) is 12.1. The summed E-state index contributed by atoms with van der Waals surface area (Å²) < 4.78 is 10.1. The van der Waals surface area contributed by atoms with Gasteiger partial charge in [-0.1, -0.05) is 12.1 Å². The number of nitro benzene ring substituents is 1. The fraction of sp³-hybridized carbons (Fsp3) is 0.385. The molecule has 0 aliphatic heterocycles. The molecule has 0 bridgehead atoms. The number of nitro groups is 1. The Labute approximate surface area is 121 Å². The van der Waals surface area contributed by atoms with Crippen molar-refractivity contribution in [2.75, 3.05) is 7.11 Å². The number of hydrogen-bond donors (Lipinski definition) is 1. The van der Waals surface area contributed by atoms with Crippen molar-refractivity contribution in [3.05, 3.63) is 34.1 Å². The third-order valence-electron chi connectivity index (χ3n) is 3.06. The Bertz CT molecular complexity index is 641. The number of methoxy groups -OCH3 is 1. The second-order valence-electron chi connectivity index (χ2n) is 4.53. The van der Waals surface area contributed by atoms with Crippen molar-refractivity contribution in [1.29, 1.82) is 0 Å². The average Bonchev–Trinajstić information content (AvgIpc) is 2.94. The average molecular weight is 292 g/mol. The van der Waals surface area contributed by atoms with Gasteiger partial charge < -0.3 is 15.0 Å². The van der Waals surface area contributed by atoms with Crippen LogP contribution in [0.25, 0.3) is 11.5 Å². The van der Waals surface area contributed by atoms with E-state index in [1.165, 1.54) is 19.2 Å². The highest BCUT2D eigenvalue weighted by Crippen LogP contribution is 2.31. The first-order valence-corrected chi connectivity index (χ1v) is 6.46. The summed E-state index contributed by atoms with van der Waals surface area (Å²) in [6.45, 7) is 1.97. The summed E-state index contributed by atoms with van der Waals surface area (Å²) in [5, 5.41) is 14.8. The molecule has 8 nitrogen and oxygen atoms in total. The molecule has 2 aromatic rings. The van der Waals surface area contributed by atoms with E-state index in [0.29, 0.717) is 17.8 Å². The zero-order valence-electron chi connectivity index (χ0n) is 11.8. The molecule has 1 aromatic heterocycles. The lowest BCUT2D eigenvalue weighted by Crippen LogP contribution is -2.21. The zero-order chi connectivity index (χ0) is 15.4. The molecule has 0 spiro atoms. The molecule has 1 aromatic carbocycles. The molecule has 0 aliphatic rings. The molecular weight excluding hydrogens is 276 g/mol. The maximum Gasteiger partial charge on any atom is 0.311 e. The van der Waals surface area contributed by atoms with E-state index in [1.807, 2.05) is 6.92 Å². The van der Waals surface area contributed by atoms with Gasteiger partial charge in [-0.25, -0.2) is 0 Å². The van der Waals surface area contributed by atoms with Gasteiger partial charge in [0.05, 0.1) is 12.0 Å². The first-order chi connectivity index (χ1) is 10.0. The highest BCUT2D eigenvalue weighted by Gasteiger charge is 2.19. The third kappa shape index (κ3) is 3.34. The Morgan fingerprint density at radius 3 is 2.90 bits per heavy atom. The molecule has 112 valence electrons. The van der Waals surface area contributed by atoms with Gasteiger partial charge in [-0.15, -0.1) is 0 Å². The summed E-state index contributed by atoms with van der Waals surface area (Å²) in [5.41, 5.74) is 6.14. The molecule has 2 N–H and O–H groups in total. The number of ether oxygens (including phenoxy) is 1. The molecule has 0 aliphatic carbocycles. The summed E-state index contributed by atoms with van der Waals surface area (Å²) in [7, 11) is 1.37. The van der Waals surface area contributed by atoms with Crippen molar-refractivity contribution in [3.63, 3.8) is 0 Å². The molecule has 8 heteroatoms. The number of benzene rings is 1. The molecule has 21 heavy (non-hydrogen) atoms. The topological polar surface area (TPSA) is 117 Å². The van der Waals surface area contributed by atoms with Crippen LogP contribution in [0.15, 0.2) is 22.7 Å². The molecule has 0 radical (unpaired) electrons. The summed E-state index contributed by atoms with van der Waals surface area (Å²) in [4.78, 5) is 14.7. The lowest BCUT2D eigenvalue weighted by atomic mass is 10.1. The van der Waals surface area contributed by atoms with Gasteiger partial charge in [0.15, 0.2) is 11.6 Å². The Morgan fingerprint density at radius 2 is 2.29 bits per heavy atom. The van der Waals surface area contributed by atoms with Crippen LogP contribution < -0.4 is 10.5 Å². The molecule has 1 atom stereocenters. The number of nitrogens with zero attached hydrogens (tertiary/aromatic N) is 3. The van der Waals surface area contributed by atoms with Crippen molar-refractivity contribution in [3.8, 4) is 17.2 Å². The van der Waals surface area contributed by atoms with Crippen LogP contribution in [0, 0.1) is 10.1 Å². The lowest BCUT2D eigenvalue weighted by molar-refractivity contribution is -0.385. The van der Waals surface area contributed by atoms with E-state index in [0.717, 1.165) is 6.42 Å². The van der Waals surface area contributed by atoms with Crippen LogP contribution in [0.4, 0.5) is 5.69 Å². The van der Waals surface area contributed by atoms with Crippen molar-refractivity contribution >= 4 is 5.69 Å². The third-order valence-corrected chi connectivity index (χ3v) is 3.06. The molecule has 1 unspecified atom stereocenters. The minimum atomic E-state index is -0.521. The second kappa shape index (κ2) is 6.31. The molecule has 1 heterocycles. The fourth-order valence-corrected chi connectivity index (χ4v) is 1.80. The number of hydrogen-bond acceptors (Lipinski definition) is 7. The molecule has 0 saturated heterocycles. The van der Waals surface area contributed by atoms with Crippen LogP contribution in [0.1, 0.15) is 19.2 Å². The van der Waals surface area contributed by atoms with E-state index >= 15 is 0 Å². The summed E-state index contributed by atoms with van der Waals surface area (Å²) >= 11 is 0. The molecule has 0 amide bonds. The molecule has 2 rings (SSSR count). The SMILES string of the molecule is CCC(N)Cc1noc(-c2ccc(OC)c([N+](=O)[O-])c2)n1. The first-order valence-electron chi connectivity index (χ1n) is 6.46. The van der Waals surface area contributed by atoms with Crippen LogP contribution in [-0.2, 0) is 6.42 Å². The van der Waals surface area contributed by atoms with Gasteiger partial charge in [0.1, 0.15) is 0 Å². The Hall–Kier alpha value is -2.48. The van der Waals surface area contributed by atoms with Crippen molar-refractivity contribution < 1.29 is 14.2 Å². The number of aromatic nitrogens is 2. The minimum Gasteiger partial charge on any atom is -0.490 e. The van der Waals surface area contributed by atoms with Gasteiger partial charge in [-0.05, 0) is 18.6 Å². The standard InChI is InChI=1S/C13H16N4O4/c1-3-9(14)7-12-15-13(21-16-12)8-4-5-11(20-2)10(6-8)17(18)19/h4-6,9H,3,7,14H2,1-2H3. The lowest BCUT2D eigenvalue weighted by Gasteiger charge is -2.03. The van der Waals surface area contributed by atoms with Crippen LogP contribution in [0.3, 0.4) is 0 Å². The van der Waals surface area contributed by atoms with E-state index in [4.69, 9.17) is 15.0 Å². The van der Waals surface area contributed by atoms with Crippen LogP contribution in [0.5, 0.6) is 5.75 Å². The van der Waals surface area contributed by atoms with Gasteiger partial charge in [-0.2, -0.15) is 4.98 Å². The Kier molecular flexibility index (Phi) is 4.49. The summed E-state index contributed by atoms with van der Waals surface area (Å²) in [6, 6.07) is 4.43. The molecule has 0 saturated carbocycles. The highest BCUT2D eigenvalue weighted by atomic mass is 16.6. The minimum absolute atomic E-state index is 0.0411. The van der Waals surface area contributed by atoms with Crippen LogP contribution >= 0.6 is 0 Å². The van der Waals surface area contributed by atoms with E-state index in [-0.39, 0.29) is 23.4 Å². The van der Waals surface area contributed by atoms with Crippen molar-refractivity contribution in [1.82, 2.24) is 10.1 Å². The van der Waals surface area contributed by atoms with E-state index in [9.17, 15) is 10.1 Å². The maximum atomic E-state index is 11.0. The maximum absolute atomic E-state index is 11.0. The fourth-order valence-electron chi connectivity index (χ4n) is 1.80. The number of nitrogens with two attached hydrogens (primary N) is 1. The Morgan fingerprint density at radius 1 is 1.52 bits per heavy atom. The van der Waals surface area contributed by atoms with E-state index < -0.39 is 4.92 Å².